The van der Waals surface area contributed by atoms with Gasteiger partial charge in [0.15, 0.2) is 0 Å². The first-order chi connectivity index (χ1) is 7.79. The number of rotatable bonds is 4. The normalized spacial score (nSPS) is 19.6. The van der Waals surface area contributed by atoms with Crippen LogP contribution in [-0.4, -0.2) is 28.9 Å². The third-order valence-electron chi connectivity index (χ3n) is 2.61. The third-order valence-corrected chi connectivity index (χ3v) is 2.61. The lowest BCUT2D eigenvalue weighted by Gasteiger charge is -2.11. The van der Waals surface area contributed by atoms with E-state index < -0.39 is 0 Å². The molecule has 2 heterocycles. The van der Waals surface area contributed by atoms with Crippen molar-refractivity contribution in [1.29, 1.82) is 0 Å². The molecule has 1 aromatic rings. The number of hydrogen-bond donors (Lipinski definition) is 1. The van der Waals surface area contributed by atoms with Crippen molar-refractivity contribution < 1.29 is 9.53 Å². The molecule has 0 bridgehead atoms. The van der Waals surface area contributed by atoms with Gasteiger partial charge in [-0.1, -0.05) is 6.58 Å². The first-order valence-corrected chi connectivity index (χ1v) is 5.32. The SMILES string of the molecule is C=CC(=O)Nc1ccnn1CC1CCOC1. The number of carbonyl (C=O) groups is 1. The van der Waals surface area contributed by atoms with Crippen LogP contribution in [0.5, 0.6) is 0 Å². The average Bonchev–Trinajstić information content (AvgIpc) is 2.92. The van der Waals surface area contributed by atoms with Crippen LogP contribution in [-0.2, 0) is 16.1 Å². The van der Waals surface area contributed by atoms with Gasteiger partial charge in [0.1, 0.15) is 5.82 Å². The highest BCUT2D eigenvalue weighted by molar-refractivity contribution is 5.98. The lowest BCUT2D eigenvalue weighted by atomic mass is 10.1. The Morgan fingerprint density at radius 3 is 3.38 bits per heavy atom. The number of nitrogens with one attached hydrogen (secondary N) is 1. The van der Waals surface area contributed by atoms with E-state index in [2.05, 4.69) is 17.0 Å². The Bertz CT molecular complexity index is 380. The van der Waals surface area contributed by atoms with Gasteiger partial charge in [-0.3, -0.25) is 4.79 Å². The zero-order chi connectivity index (χ0) is 11.4. The summed E-state index contributed by atoms with van der Waals surface area (Å²) in [7, 11) is 0. The molecule has 1 amide bonds. The highest BCUT2D eigenvalue weighted by atomic mass is 16.5. The van der Waals surface area contributed by atoms with Gasteiger partial charge in [0.05, 0.1) is 12.8 Å². The number of hydrogen-bond acceptors (Lipinski definition) is 3. The van der Waals surface area contributed by atoms with Gasteiger partial charge in [-0.05, 0) is 12.5 Å². The molecule has 0 radical (unpaired) electrons. The summed E-state index contributed by atoms with van der Waals surface area (Å²) in [4.78, 5) is 11.2. The topological polar surface area (TPSA) is 56.2 Å². The first-order valence-electron chi connectivity index (χ1n) is 5.32. The van der Waals surface area contributed by atoms with E-state index in [4.69, 9.17) is 4.74 Å². The Morgan fingerprint density at radius 1 is 1.81 bits per heavy atom. The summed E-state index contributed by atoms with van der Waals surface area (Å²) in [5.74, 6) is 0.973. The number of carbonyl (C=O) groups excluding carboxylic acids is 1. The molecule has 0 aromatic carbocycles. The van der Waals surface area contributed by atoms with Crippen molar-refractivity contribution in [2.75, 3.05) is 18.5 Å². The molecule has 1 aromatic heterocycles. The standard InChI is InChI=1S/C11H15N3O2/c1-2-11(15)13-10-3-5-12-14(10)7-9-4-6-16-8-9/h2-3,5,9H,1,4,6-8H2,(H,13,15). The van der Waals surface area contributed by atoms with Gasteiger partial charge < -0.3 is 10.1 Å². The van der Waals surface area contributed by atoms with E-state index in [0.29, 0.717) is 11.7 Å². The van der Waals surface area contributed by atoms with Crippen LogP contribution in [0.2, 0.25) is 0 Å². The second-order valence-electron chi connectivity index (χ2n) is 3.82. The molecule has 1 unspecified atom stereocenters. The van der Waals surface area contributed by atoms with E-state index in [-0.39, 0.29) is 5.91 Å². The van der Waals surface area contributed by atoms with Crippen molar-refractivity contribution in [2.45, 2.75) is 13.0 Å². The number of ether oxygens (including phenoxy) is 1. The molecule has 5 heteroatoms. The maximum absolute atomic E-state index is 11.2. The van der Waals surface area contributed by atoms with Gasteiger partial charge in [0, 0.05) is 25.1 Å². The Kier molecular flexibility index (Phi) is 3.36. The number of amides is 1. The molecule has 0 aliphatic carbocycles. The second-order valence-corrected chi connectivity index (χ2v) is 3.82. The molecule has 16 heavy (non-hydrogen) atoms. The fourth-order valence-corrected chi connectivity index (χ4v) is 1.73. The van der Waals surface area contributed by atoms with Crippen LogP contribution in [0.25, 0.3) is 0 Å². The Labute approximate surface area is 94.1 Å². The molecule has 1 atom stereocenters. The van der Waals surface area contributed by atoms with Crippen LogP contribution in [0.15, 0.2) is 24.9 Å². The minimum absolute atomic E-state index is 0.218. The fourth-order valence-electron chi connectivity index (χ4n) is 1.73. The average molecular weight is 221 g/mol. The third kappa shape index (κ3) is 2.49. The minimum atomic E-state index is -0.218. The highest BCUT2D eigenvalue weighted by Gasteiger charge is 2.17. The van der Waals surface area contributed by atoms with Gasteiger partial charge in [0.2, 0.25) is 5.91 Å². The summed E-state index contributed by atoms with van der Waals surface area (Å²) in [6, 6.07) is 1.78. The molecule has 1 aliphatic heterocycles. The van der Waals surface area contributed by atoms with Crippen LogP contribution < -0.4 is 5.32 Å². The monoisotopic (exact) mass is 221 g/mol. The summed E-state index contributed by atoms with van der Waals surface area (Å²) in [6.07, 6.45) is 3.97. The molecule has 0 saturated carbocycles. The maximum Gasteiger partial charge on any atom is 0.248 e. The summed E-state index contributed by atoms with van der Waals surface area (Å²) in [5, 5.41) is 6.90. The number of anilines is 1. The molecule has 5 nitrogen and oxygen atoms in total. The fraction of sp³-hybridized carbons (Fsp3) is 0.455. The highest BCUT2D eigenvalue weighted by Crippen LogP contribution is 2.17. The van der Waals surface area contributed by atoms with Crippen molar-refractivity contribution in [3.8, 4) is 0 Å². The maximum atomic E-state index is 11.2. The molecule has 1 fully saturated rings. The summed E-state index contributed by atoms with van der Waals surface area (Å²) in [5.41, 5.74) is 0. The van der Waals surface area contributed by atoms with E-state index >= 15 is 0 Å². The van der Waals surface area contributed by atoms with Gasteiger partial charge in [0.25, 0.3) is 0 Å². The van der Waals surface area contributed by atoms with Crippen LogP contribution in [0.1, 0.15) is 6.42 Å². The van der Waals surface area contributed by atoms with E-state index in [9.17, 15) is 4.79 Å². The van der Waals surface area contributed by atoms with Crippen LogP contribution in [0, 0.1) is 5.92 Å². The Hall–Kier alpha value is -1.62. The molecule has 86 valence electrons. The summed E-state index contributed by atoms with van der Waals surface area (Å²) < 4.78 is 7.10. The molecular formula is C11H15N3O2. The molecule has 2 rings (SSSR count). The van der Waals surface area contributed by atoms with Crippen molar-refractivity contribution in [1.82, 2.24) is 9.78 Å². The van der Waals surface area contributed by atoms with Crippen molar-refractivity contribution >= 4 is 11.7 Å². The summed E-state index contributed by atoms with van der Waals surface area (Å²) in [6.45, 7) is 5.78. The lowest BCUT2D eigenvalue weighted by Crippen LogP contribution is -2.17. The van der Waals surface area contributed by atoms with Crippen molar-refractivity contribution in [2.24, 2.45) is 5.92 Å². The largest absolute Gasteiger partial charge is 0.381 e. The van der Waals surface area contributed by atoms with Crippen LogP contribution in [0.4, 0.5) is 5.82 Å². The van der Waals surface area contributed by atoms with Gasteiger partial charge >= 0.3 is 0 Å². The molecule has 1 aliphatic rings. The number of nitrogens with zero attached hydrogens (tertiary/aromatic N) is 2. The molecule has 1 saturated heterocycles. The van der Waals surface area contributed by atoms with Crippen LogP contribution in [0.3, 0.4) is 0 Å². The van der Waals surface area contributed by atoms with Crippen molar-refractivity contribution in [3.05, 3.63) is 24.9 Å². The predicted molar refractivity (Wildman–Crippen MR) is 60.0 cm³/mol. The molecule has 1 N–H and O–H groups in total. The zero-order valence-corrected chi connectivity index (χ0v) is 9.06. The van der Waals surface area contributed by atoms with Crippen molar-refractivity contribution in [3.63, 3.8) is 0 Å². The van der Waals surface area contributed by atoms with E-state index in [1.807, 2.05) is 0 Å². The predicted octanol–water partition coefficient (Wildman–Crippen LogP) is 1.04. The Balaban J connectivity index is 2.00. The Morgan fingerprint density at radius 2 is 2.69 bits per heavy atom. The second kappa shape index (κ2) is 4.94. The smallest absolute Gasteiger partial charge is 0.248 e. The lowest BCUT2D eigenvalue weighted by molar-refractivity contribution is -0.111. The quantitative estimate of drug-likeness (QED) is 0.773. The first kappa shape index (κ1) is 10.9. The van der Waals surface area contributed by atoms with E-state index in [0.717, 1.165) is 26.2 Å². The molecular weight excluding hydrogens is 206 g/mol. The molecule has 0 spiro atoms. The number of aromatic nitrogens is 2. The zero-order valence-electron chi connectivity index (χ0n) is 9.06. The van der Waals surface area contributed by atoms with Gasteiger partial charge in [-0.25, -0.2) is 4.68 Å². The van der Waals surface area contributed by atoms with Gasteiger partial charge in [-0.15, -0.1) is 0 Å². The van der Waals surface area contributed by atoms with E-state index in [1.165, 1.54) is 6.08 Å². The van der Waals surface area contributed by atoms with Crippen LogP contribution >= 0.6 is 0 Å². The summed E-state index contributed by atoms with van der Waals surface area (Å²) >= 11 is 0. The van der Waals surface area contributed by atoms with Gasteiger partial charge in [-0.2, -0.15) is 5.10 Å². The van der Waals surface area contributed by atoms with E-state index in [1.54, 1.807) is 16.9 Å². The minimum Gasteiger partial charge on any atom is -0.381 e.